The van der Waals surface area contributed by atoms with Crippen molar-refractivity contribution in [2.75, 3.05) is 32.7 Å². The van der Waals surface area contributed by atoms with Gasteiger partial charge < -0.3 is 14.6 Å². The second-order valence-electron chi connectivity index (χ2n) is 6.06. The van der Waals surface area contributed by atoms with Crippen LogP contribution in [-0.2, 0) is 13.0 Å². The molecule has 0 radical (unpaired) electrons. The highest BCUT2D eigenvalue weighted by Gasteiger charge is 2.21. The molecule has 5 nitrogen and oxygen atoms in total. The van der Waals surface area contributed by atoms with Crippen LogP contribution < -0.4 is 5.32 Å². The summed E-state index contributed by atoms with van der Waals surface area (Å²) < 4.78 is 5.37. The lowest BCUT2D eigenvalue weighted by Gasteiger charge is -2.34. The Hall–Kier alpha value is -1.69. The van der Waals surface area contributed by atoms with Crippen molar-refractivity contribution in [3.8, 4) is 0 Å². The summed E-state index contributed by atoms with van der Waals surface area (Å²) in [5.74, 6) is 0.956. The first kappa shape index (κ1) is 18.1. The monoisotopic (exact) mass is 381 g/mol. The van der Waals surface area contributed by atoms with Gasteiger partial charge in [-0.3, -0.25) is 4.90 Å². The van der Waals surface area contributed by atoms with E-state index in [0.29, 0.717) is 36.1 Å². The van der Waals surface area contributed by atoms with E-state index < -0.39 is 0 Å². The Labute approximate surface area is 157 Å². The highest BCUT2D eigenvalue weighted by Crippen LogP contribution is 2.21. The Morgan fingerprint density at radius 2 is 1.96 bits per heavy atom. The molecule has 1 N–H and O–H groups in total. The lowest BCUT2D eigenvalue weighted by molar-refractivity contribution is 0.130. The third-order valence-electron chi connectivity index (χ3n) is 4.30. The SMILES string of the molecule is O=C(NCCc1ccc(Cl)cc1Cl)N1CCN(Cc2ccco2)CC1. The summed E-state index contributed by atoms with van der Waals surface area (Å²) in [6, 6.07) is 9.26. The molecule has 7 heteroatoms. The zero-order valence-electron chi connectivity index (χ0n) is 13.9. The third kappa shape index (κ3) is 5.14. The van der Waals surface area contributed by atoms with Crippen LogP contribution in [0.1, 0.15) is 11.3 Å². The fourth-order valence-electron chi connectivity index (χ4n) is 2.87. The molecule has 1 saturated heterocycles. The van der Waals surface area contributed by atoms with Gasteiger partial charge in [0.15, 0.2) is 0 Å². The molecule has 0 aliphatic carbocycles. The molecule has 1 fully saturated rings. The number of urea groups is 1. The van der Waals surface area contributed by atoms with Crippen LogP contribution in [0.5, 0.6) is 0 Å². The van der Waals surface area contributed by atoms with Crippen molar-refractivity contribution in [1.29, 1.82) is 0 Å². The standard InChI is InChI=1S/C18H21Cl2N3O2/c19-15-4-3-14(17(20)12-15)5-6-21-18(24)23-9-7-22(8-10-23)13-16-2-1-11-25-16/h1-4,11-12H,5-10,13H2,(H,21,24). The molecule has 2 amide bonds. The Bertz CT molecular complexity index is 698. The zero-order valence-corrected chi connectivity index (χ0v) is 15.4. The number of rotatable bonds is 5. The molecule has 1 aliphatic heterocycles. The molecule has 2 heterocycles. The van der Waals surface area contributed by atoms with Crippen molar-refractivity contribution in [1.82, 2.24) is 15.1 Å². The maximum atomic E-state index is 12.3. The molecule has 0 spiro atoms. The average molecular weight is 382 g/mol. The number of nitrogens with one attached hydrogen (secondary N) is 1. The fraction of sp³-hybridized carbons (Fsp3) is 0.389. The van der Waals surface area contributed by atoms with Gasteiger partial charge in [-0.05, 0) is 36.2 Å². The summed E-state index contributed by atoms with van der Waals surface area (Å²) >= 11 is 12.0. The minimum Gasteiger partial charge on any atom is -0.468 e. The van der Waals surface area contributed by atoms with Crippen LogP contribution >= 0.6 is 23.2 Å². The zero-order chi connectivity index (χ0) is 17.6. The summed E-state index contributed by atoms with van der Waals surface area (Å²) in [5.41, 5.74) is 0.981. The number of amides is 2. The van der Waals surface area contributed by atoms with Crippen molar-refractivity contribution in [2.24, 2.45) is 0 Å². The molecular formula is C18H21Cl2N3O2. The predicted octanol–water partition coefficient (Wildman–Crippen LogP) is 3.66. The lowest BCUT2D eigenvalue weighted by atomic mass is 10.1. The highest BCUT2D eigenvalue weighted by atomic mass is 35.5. The van der Waals surface area contributed by atoms with E-state index in [2.05, 4.69) is 10.2 Å². The second kappa shape index (κ2) is 8.61. The molecule has 2 aromatic rings. The molecule has 3 rings (SSSR count). The Morgan fingerprint density at radius 3 is 2.64 bits per heavy atom. The van der Waals surface area contributed by atoms with E-state index in [0.717, 1.165) is 31.0 Å². The normalized spacial score (nSPS) is 15.4. The summed E-state index contributed by atoms with van der Waals surface area (Å²) in [4.78, 5) is 16.4. The maximum Gasteiger partial charge on any atom is 0.317 e. The molecule has 0 saturated carbocycles. The van der Waals surface area contributed by atoms with Crippen molar-refractivity contribution in [2.45, 2.75) is 13.0 Å². The minimum atomic E-state index is -0.0252. The van der Waals surface area contributed by atoms with Crippen molar-refractivity contribution >= 4 is 29.2 Å². The van der Waals surface area contributed by atoms with Crippen LogP contribution in [0, 0.1) is 0 Å². The van der Waals surface area contributed by atoms with E-state index in [4.69, 9.17) is 27.6 Å². The summed E-state index contributed by atoms with van der Waals surface area (Å²) in [5, 5.41) is 4.21. The van der Waals surface area contributed by atoms with Crippen LogP contribution in [0.15, 0.2) is 41.0 Å². The highest BCUT2D eigenvalue weighted by molar-refractivity contribution is 6.35. The number of carbonyl (C=O) groups is 1. The van der Waals surface area contributed by atoms with Gasteiger partial charge in [0.1, 0.15) is 5.76 Å². The molecule has 0 bridgehead atoms. The van der Waals surface area contributed by atoms with Crippen LogP contribution in [0.25, 0.3) is 0 Å². The van der Waals surface area contributed by atoms with Crippen molar-refractivity contribution in [3.63, 3.8) is 0 Å². The molecule has 134 valence electrons. The molecular weight excluding hydrogens is 361 g/mol. The van der Waals surface area contributed by atoms with Gasteiger partial charge in [0, 0.05) is 42.8 Å². The first-order valence-electron chi connectivity index (χ1n) is 8.33. The van der Waals surface area contributed by atoms with E-state index in [1.807, 2.05) is 29.2 Å². The number of nitrogens with zero attached hydrogens (tertiary/aromatic N) is 2. The number of halogens is 2. The molecule has 25 heavy (non-hydrogen) atoms. The van der Waals surface area contributed by atoms with Crippen LogP contribution in [0.3, 0.4) is 0 Å². The number of piperazine rings is 1. The lowest BCUT2D eigenvalue weighted by Crippen LogP contribution is -2.51. The quantitative estimate of drug-likeness (QED) is 0.859. The van der Waals surface area contributed by atoms with Gasteiger partial charge in [0.05, 0.1) is 12.8 Å². The molecule has 1 aromatic carbocycles. The molecule has 1 aliphatic rings. The molecule has 0 unspecified atom stereocenters. The average Bonchev–Trinajstić information content (AvgIpc) is 3.10. The summed E-state index contributed by atoms with van der Waals surface area (Å²) in [6.07, 6.45) is 2.37. The molecule has 1 aromatic heterocycles. The van der Waals surface area contributed by atoms with E-state index in [1.165, 1.54) is 0 Å². The van der Waals surface area contributed by atoms with Gasteiger partial charge in [0.25, 0.3) is 0 Å². The third-order valence-corrected chi connectivity index (χ3v) is 4.89. The number of benzene rings is 1. The molecule has 0 atom stereocenters. The van der Waals surface area contributed by atoms with Crippen LogP contribution in [-0.4, -0.2) is 48.6 Å². The first-order chi connectivity index (χ1) is 12.1. The van der Waals surface area contributed by atoms with Gasteiger partial charge in [-0.1, -0.05) is 29.3 Å². The largest absolute Gasteiger partial charge is 0.468 e. The first-order valence-corrected chi connectivity index (χ1v) is 9.09. The van der Waals surface area contributed by atoms with E-state index >= 15 is 0 Å². The number of hydrogen-bond acceptors (Lipinski definition) is 3. The van der Waals surface area contributed by atoms with Gasteiger partial charge in [-0.15, -0.1) is 0 Å². The predicted molar refractivity (Wildman–Crippen MR) is 99.1 cm³/mol. The van der Waals surface area contributed by atoms with E-state index in [9.17, 15) is 4.79 Å². The van der Waals surface area contributed by atoms with Gasteiger partial charge in [-0.2, -0.15) is 0 Å². The Balaban J connectivity index is 1.39. The van der Waals surface area contributed by atoms with E-state index in [-0.39, 0.29) is 6.03 Å². The minimum absolute atomic E-state index is 0.0252. The summed E-state index contributed by atoms with van der Waals surface area (Å²) in [7, 11) is 0. The topological polar surface area (TPSA) is 48.7 Å². The number of furan rings is 1. The van der Waals surface area contributed by atoms with Crippen LogP contribution in [0.4, 0.5) is 4.79 Å². The van der Waals surface area contributed by atoms with Gasteiger partial charge >= 0.3 is 6.03 Å². The van der Waals surface area contributed by atoms with Crippen LogP contribution in [0.2, 0.25) is 10.0 Å². The Kier molecular flexibility index (Phi) is 6.24. The number of carbonyl (C=O) groups excluding carboxylic acids is 1. The van der Waals surface area contributed by atoms with Crippen molar-refractivity contribution in [3.05, 3.63) is 58.0 Å². The Morgan fingerprint density at radius 1 is 1.16 bits per heavy atom. The van der Waals surface area contributed by atoms with Gasteiger partial charge in [0.2, 0.25) is 0 Å². The smallest absolute Gasteiger partial charge is 0.317 e. The van der Waals surface area contributed by atoms with E-state index in [1.54, 1.807) is 12.3 Å². The maximum absolute atomic E-state index is 12.3. The summed E-state index contributed by atoms with van der Waals surface area (Å²) in [6.45, 7) is 4.46. The number of hydrogen-bond donors (Lipinski definition) is 1. The fourth-order valence-corrected chi connectivity index (χ4v) is 3.38. The second-order valence-corrected chi connectivity index (χ2v) is 6.90. The van der Waals surface area contributed by atoms with Gasteiger partial charge in [-0.25, -0.2) is 4.79 Å². The van der Waals surface area contributed by atoms with Crippen molar-refractivity contribution < 1.29 is 9.21 Å².